The molecule has 7 heteroatoms. The fraction of sp³-hybridized carbons (Fsp3) is 0.632. The van der Waals surface area contributed by atoms with Gasteiger partial charge in [-0.3, -0.25) is 4.99 Å². The molecule has 0 aliphatic heterocycles. The number of hydrogen-bond acceptors (Lipinski definition) is 3. The normalized spacial score (nSPS) is 13.5. The van der Waals surface area contributed by atoms with E-state index in [4.69, 9.17) is 0 Å². The summed E-state index contributed by atoms with van der Waals surface area (Å²) in [4.78, 5) is 4.20. The molecule has 0 fully saturated rings. The fourth-order valence-electron chi connectivity index (χ4n) is 2.77. The molecule has 1 aromatic carbocycles. The Kier molecular flexibility index (Phi) is 9.62. The van der Waals surface area contributed by atoms with E-state index in [-0.39, 0.29) is 11.6 Å². The van der Waals surface area contributed by atoms with E-state index in [1.54, 1.807) is 7.05 Å². The second-order valence-corrected chi connectivity index (χ2v) is 8.85. The standard InChI is InChI=1S/C19H32FN3O2S/c1-5-7-8-15(6-2)12-22-19(21-3)23-13-17-11-18(20)10-9-16(17)14-26(4,24)25/h9-11,15H,5-8,12-14H2,1-4H3,(H2,21,22,23). The first kappa shape index (κ1) is 22.4. The van der Waals surface area contributed by atoms with Crippen LogP contribution in [-0.4, -0.2) is 34.2 Å². The Morgan fingerprint density at radius 1 is 1.23 bits per heavy atom. The van der Waals surface area contributed by atoms with E-state index < -0.39 is 9.84 Å². The van der Waals surface area contributed by atoms with Crippen molar-refractivity contribution in [2.24, 2.45) is 10.9 Å². The molecule has 0 aliphatic carbocycles. The lowest BCUT2D eigenvalue weighted by atomic mass is 9.99. The highest BCUT2D eigenvalue weighted by Gasteiger charge is 2.12. The summed E-state index contributed by atoms with van der Waals surface area (Å²) in [7, 11) is -1.50. The maximum atomic E-state index is 13.6. The highest BCUT2D eigenvalue weighted by atomic mass is 32.2. The van der Waals surface area contributed by atoms with Crippen LogP contribution in [0.1, 0.15) is 50.7 Å². The highest BCUT2D eigenvalue weighted by molar-refractivity contribution is 7.89. The Bertz CT molecular complexity index is 690. The minimum Gasteiger partial charge on any atom is -0.356 e. The third-order valence-electron chi connectivity index (χ3n) is 4.36. The third-order valence-corrected chi connectivity index (χ3v) is 5.19. The summed E-state index contributed by atoms with van der Waals surface area (Å²) >= 11 is 0. The minimum atomic E-state index is -3.19. The Morgan fingerprint density at radius 2 is 1.96 bits per heavy atom. The lowest BCUT2D eigenvalue weighted by molar-refractivity contribution is 0.443. The predicted octanol–water partition coefficient (Wildman–Crippen LogP) is 3.25. The van der Waals surface area contributed by atoms with E-state index in [0.29, 0.717) is 29.5 Å². The van der Waals surface area contributed by atoms with Crippen LogP contribution in [0, 0.1) is 11.7 Å². The number of benzene rings is 1. The number of hydrogen-bond donors (Lipinski definition) is 2. The number of unbranched alkanes of at least 4 members (excludes halogenated alkanes) is 1. The molecular weight excluding hydrogens is 353 g/mol. The molecule has 0 radical (unpaired) electrons. The van der Waals surface area contributed by atoms with Gasteiger partial charge < -0.3 is 10.6 Å². The number of nitrogens with one attached hydrogen (secondary N) is 2. The number of nitrogens with zero attached hydrogens (tertiary/aromatic N) is 1. The van der Waals surface area contributed by atoms with Gasteiger partial charge >= 0.3 is 0 Å². The fourth-order valence-corrected chi connectivity index (χ4v) is 3.61. The summed E-state index contributed by atoms with van der Waals surface area (Å²) in [6.45, 7) is 5.51. The number of guanidine groups is 1. The van der Waals surface area contributed by atoms with Gasteiger partial charge in [0.15, 0.2) is 15.8 Å². The predicted molar refractivity (Wildman–Crippen MR) is 106 cm³/mol. The molecule has 5 nitrogen and oxygen atoms in total. The first-order chi connectivity index (χ1) is 12.3. The zero-order valence-electron chi connectivity index (χ0n) is 16.3. The van der Waals surface area contributed by atoms with Gasteiger partial charge in [0.25, 0.3) is 0 Å². The van der Waals surface area contributed by atoms with Crippen LogP contribution in [0.4, 0.5) is 4.39 Å². The molecule has 26 heavy (non-hydrogen) atoms. The number of rotatable bonds is 10. The van der Waals surface area contributed by atoms with E-state index in [0.717, 1.165) is 13.0 Å². The Labute approximate surface area is 157 Å². The average molecular weight is 386 g/mol. The van der Waals surface area contributed by atoms with Crippen LogP contribution in [0.5, 0.6) is 0 Å². The van der Waals surface area contributed by atoms with Gasteiger partial charge in [-0.05, 0) is 35.6 Å². The second kappa shape index (κ2) is 11.2. The van der Waals surface area contributed by atoms with Crippen molar-refractivity contribution in [2.75, 3.05) is 19.8 Å². The van der Waals surface area contributed by atoms with Crippen molar-refractivity contribution >= 4 is 15.8 Å². The van der Waals surface area contributed by atoms with E-state index in [1.165, 1.54) is 43.7 Å². The highest BCUT2D eigenvalue weighted by Crippen LogP contribution is 2.15. The van der Waals surface area contributed by atoms with Crippen LogP contribution in [0.15, 0.2) is 23.2 Å². The van der Waals surface area contributed by atoms with Gasteiger partial charge in [0.05, 0.1) is 5.75 Å². The molecule has 0 spiro atoms. The topological polar surface area (TPSA) is 70.6 Å². The van der Waals surface area contributed by atoms with Crippen molar-refractivity contribution in [1.82, 2.24) is 10.6 Å². The summed E-state index contributed by atoms with van der Waals surface area (Å²) < 4.78 is 36.7. The minimum absolute atomic E-state index is 0.106. The number of halogens is 1. The van der Waals surface area contributed by atoms with E-state index in [2.05, 4.69) is 29.5 Å². The largest absolute Gasteiger partial charge is 0.356 e. The summed E-state index contributed by atoms with van der Waals surface area (Å²) in [5.74, 6) is 0.733. The molecule has 1 rings (SSSR count). The summed E-state index contributed by atoms with van der Waals surface area (Å²) in [6, 6.07) is 4.19. The van der Waals surface area contributed by atoms with Gasteiger partial charge in [0.1, 0.15) is 5.82 Å². The smallest absolute Gasteiger partial charge is 0.191 e. The molecule has 1 atom stereocenters. The molecular formula is C19H32FN3O2S. The SMILES string of the molecule is CCCCC(CC)CNC(=NC)NCc1cc(F)ccc1CS(C)(=O)=O. The molecule has 0 bridgehead atoms. The molecule has 0 aromatic heterocycles. The maximum absolute atomic E-state index is 13.6. The van der Waals surface area contributed by atoms with Gasteiger partial charge in [-0.2, -0.15) is 0 Å². The zero-order valence-corrected chi connectivity index (χ0v) is 17.1. The van der Waals surface area contributed by atoms with E-state index in [9.17, 15) is 12.8 Å². The number of sulfone groups is 1. The summed E-state index contributed by atoms with van der Waals surface area (Å²) in [6.07, 6.45) is 5.86. The summed E-state index contributed by atoms with van der Waals surface area (Å²) in [5.41, 5.74) is 1.22. The lowest BCUT2D eigenvalue weighted by Gasteiger charge is -2.18. The van der Waals surface area contributed by atoms with Crippen molar-refractivity contribution in [3.05, 3.63) is 35.1 Å². The van der Waals surface area contributed by atoms with Crippen molar-refractivity contribution < 1.29 is 12.8 Å². The van der Waals surface area contributed by atoms with Crippen molar-refractivity contribution in [1.29, 1.82) is 0 Å². The lowest BCUT2D eigenvalue weighted by Crippen LogP contribution is -2.39. The van der Waals surface area contributed by atoms with Crippen molar-refractivity contribution in [3.63, 3.8) is 0 Å². The molecule has 148 valence electrons. The Hall–Kier alpha value is -1.63. The van der Waals surface area contributed by atoms with Crippen LogP contribution >= 0.6 is 0 Å². The molecule has 0 heterocycles. The van der Waals surface area contributed by atoms with E-state index >= 15 is 0 Å². The summed E-state index contributed by atoms with van der Waals surface area (Å²) in [5, 5.41) is 6.46. The van der Waals surface area contributed by atoms with Crippen LogP contribution in [0.2, 0.25) is 0 Å². The molecule has 0 aliphatic rings. The van der Waals surface area contributed by atoms with Crippen LogP contribution in [0.3, 0.4) is 0 Å². The van der Waals surface area contributed by atoms with Crippen molar-refractivity contribution in [3.8, 4) is 0 Å². The third kappa shape index (κ3) is 8.65. The molecule has 1 aromatic rings. The van der Waals surface area contributed by atoms with Gasteiger partial charge in [0.2, 0.25) is 0 Å². The van der Waals surface area contributed by atoms with E-state index in [1.807, 2.05) is 0 Å². The molecule has 0 saturated carbocycles. The number of aliphatic imine (C=N–C) groups is 1. The second-order valence-electron chi connectivity index (χ2n) is 6.71. The van der Waals surface area contributed by atoms with Gasteiger partial charge in [-0.1, -0.05) is 39.2 Å². The van der Waals surface area contributed by atoms with Gasteiger partial charge in [-0.25, -0.2) is 12.8 Å². The monoisotopic (exact) mass is 385 g/mol. The molecule has 0 saturated heterocycles. The first-order valence-corrected chi connectivity index (χ1v) is 11.2. The van der Waals surface area contributed by atoms with Crippen LogP contribution < -0.4 is 10.6 Å². The zero-order chi connectivity index (χ0) is 19.6. The van der Waals surface area contributed by atoms with Crippen LogP contribution in [-0.2, 0) is 22.1 Å². The molecule has 1 unspecified atom stereocenters. The Morgan fingerprint density at radius 3 is 2.54 bits per heavy atom. The quantitative estimate of drug-likeness (QED) is 0.479. The van der Waals surface area contributed by atoms with Gasteiger partial charge in [-0.15, -0.1) is 0 Å². The first-order valence-electron chi connectivity index (χ1n) is 9.18. The maximum Gasteiger partial charge on any atom is 0.191 e. The molecule has 0 amide bonds. The molecule has 2 N–H and O–H groups in total. The van der Waals surface area contributed by atoms with Crippen molar-refractivity contribution in [2.45, 2.75) is 51.8 Å². The average Bonchev–Trinajstić information content (AvgIpc) is 2.58. The van der Waals surface area contributed by atoms with Crippen LogP contribution in [0.25, 0.3) is 0 Å². The Balaban J connectivity index is 2.69. The van der Waals surface area contributed by atoms with Gasteiger partial charge in [0, 0.05) is 26.4 Å².